The van der Waals surface area contributed by atoms with Crippen molar-refractivity contribution in [3.63, 3.8) is 0 Å². The Morgan fingerprint density at radius 3 is 2.45 bits per heavy atom. The summed E-state index contributed by atoms with van der Waals surface area (Å²) in [5, 5.41) is 3.43. The number of nitrogens with zero attached hydrogens (tertiary/aromatic N) is 1. The zero-order valence-electron chi connectivity index (χ0n) is 11.3. The maximum atomic E-state index is 12.6. The largest absolute Gasteiger partial charge is 0.313 e. The van der Waals surface area contributed by atoms with Gasteiger partial charge >= 0.3 is 0 Å². The summed E-state index contributed by atoms with van der Waals surface area (Å²) in [4.78, 5) is 26.7. The zero-order valence-corrected chi connectivity index (χ0v) is 11.3. The van der Waals surface area contributed by atoms with Gasteiger partial charge in [0.25, 0.3) is 0 Å². The molecule has 0 unspecified atom stereocenters. The first-order valence-electron chi connectivity index (χ1n) is 7.38. The van der Waals surface area contributed by atoms with Gasteiger partial charge < -0.3 is 5.32 Å². The molecule has 5 rings (SSSR count). The number of fused-ring (bicyclic) bond motifs is 2. The molecule has 2 bridgehead atoms. The van der Waals surface area contributed by atoms with Crippen molar-refractivity contribution in [3.05, 3.63) is 35.9 Å². The Balaban J connectivity index is 1.63. The molecule has 4 fully saturated rings. The number of amides is 2. The van der Waals surface area contributed by atoms with Crippen molar-refractivity contribution in [1.82, 2.24) is 10.2 Å². The maximum absolute atomic E-state index is 12.6. The van der Waals surface area contributed by atoms with Crippen LogP contribution in [0.3, 0.4) is 0 Å². The zero-order chi connectivity index (χ0) is 13.7. The van der Waals surface area contributed by atoms with Gasteiger partial charge in [0.15, 0.2) is 0 Å². The molecule has 1 saturated carbocycles. The Labute approximate surface area is 118 Å². The van der Waals surface area contributed by atoms with E-state index in [4.69, 9.17) is 0 Å². The van der Waals surface area contributed by atoms with Crippen LogP contribution in [-0.2, 0) is 16.1 Å². The van der Waals surface area contributed by atoms with Gasteiger partial charge in [-0.1, -0.05) is 30.3 Å². The monoisotopic (exact) mass is 270 g/mol. The van der Waals surface area contributed by atoms with Gasteiger partial charge in [-0.3, -0.25) is 14.5 Å². The van der Waals surface area contributed by atoms with Gasteiger partial charge in [0.1, 0.15) is 0 Å². The van der Waals surface area contributed by atoms with E-state index in [-0.39, 0.29) is 29.7 Å². The highest BCUT2D eigenvalue weighted by Crippen LogP contribution is 2.45. The summed E-state index contributed by atoms with van der Waals surface area (Å²) in [6.45, 7) is 1.31. The highest BCUT2D eigenvalue weighted by molar-refractivity contribution is 6.05. The van der Waals surface area contributed by atoms with Gasteiger partial charge in [-0.2, -0.15) is 0 Å². The van der Waals surface area contributed by atoms with Crippen LogP contribution in [0, 0.1) is 17.8 Å². The van der Waals surface area contributed by atoms with E-state index in [1.54, 1.807) is 0 Å². The van der Waals surface area contributed by atoms with Crippen LogP contribution in [-0.4, -0.2) is 29.3 Å². The standard InChI is InChI=1S/C16H18N2O2/c19-15-13-11-6-7-12(17-8-11)14(13)16(20)18(15)9-10-4-2-1-3-5-10/h1-5,11-14,17H,6-9H2/t11-,12+,13-,14-/m0/s1. The van der Waals surface area contributed by atoms with E-state index in [1.165, 1.54) is 4.90 Å². The number of hydrogen-bond acceptors (Lipinski definition) is 3. The third-order valence-corrected chi connectivity index (χ3v) is 5.10. The first kappa shape index (κ1) is 12.1. The molecule has 2 amide bonds. The van der Waals surface area contributed by atoms with E-state index in [9.17, 15) is 9.59 Å². The van der Waals surface area contributed by atoms with Gasteiger partial charge in [-0.15, -0.1) is 0 Å². The van der Waals surface area contributed by atoms with Crippen molar-refractivity contribution in [3.8, 4) is 0 Å². The Hall–Kier alpha value is -1.68. The first-order valence-corrected chi connectivity index (χ1v) is 7.38. The van der Waals surface area contributed by atoms with Gasteiger partial charge in [0, 0.05) is 6.04 Å². The minimum atomic E-state index is -0.112. The predicted octanol–water partition coefficient (Wildman–Crippen LogP) is 1.17. The van der Waals surface area contributed by atoms with E-state index >= 15 is 0 Å². The van der Waals surface area contributed by atoms with E-state index in [0.29, 0.717) is 12.5 Å². The number of carbonyl (C=O) groups is 2. The van der Waals surface area contributed by atoms with Crippen LogP contribution < -0.4 is 5.32 Å². The minimum absolute atomic E-state index is 0.0331. The molecule has 0 aromatic heterocycles. The Morgan fingerprint density at radius 1 is 1.05 bits per heavy atom. The molecule has 1 aromatic rings. The average molecular weight is 270 g/mol. The molecule has 1 aromatic carbocycles. The SMILES string of the molecule is O=C1[C@@H]2[C@@H](C(=O)N1Cc1ccccc1)[C@H]1CC[C@H]2NC1. The fourth-order valence-electron chi connectivity index (χ4n) is 4.13. The lowest BCUT2D eigenvalue weighted by atomic mass is 9.67. The maximum Gasteiger partial charge on any atom is 0.234 e. The Morgan fingerprint density at radius 2 is 1.80 bits per heavy atom. The van der Waals surface area contributed by atoms with Crippen molar-refractivity contribution >= 4 is 11.8 Å². The molecule has 0 spiro atoms. The van der Waals surface area contributed by atoms with Crippen LogP contribution in [0.4, 0.5) is 0 Å². The normalized spacial score (nSPS) is 35.5. The third-order valence-electron chi connectivity index (χ3n) is 5.10. The Bertz CT molecular complexity index is 519. The topological polar surface area (TPSA) is 49.4 Å². The summed E-state index contributed by atoms with van der Waals surface area (Å²) < 4.78 is 0. The number of benzene rings is 1. The highest BCUT2D eigenvalue weighted by atomic mass is 16.2. The minimum Gasteiger partial charge on any atom is -0.313 e. The van der Waals surface area contributed by atoms with Gasteiger partial charge in [0.05, 0.1) is 18.4 Å². The quantitative estimate of drug-likeness (QED) is 0.821. The first-order chi connectivity index (χ1) is 9.75. The fraction of sp³-hybridized carbons (Fsp3) is 0.500. The highest BCUT2D eigenvalue weighted by Gasteiger charge is 2.57. The van der Waals surface area contributed by atoms with Crippen LogP contribution in [0.2, 0.25) is 0 Å². The molecule has 4 aliphatic rings. The van der Waals surface area contributed by atoms with Gasteiger partial charge in [-0.05, 0) is 30.9 Å². The number of carbonyl (C=O) groups excluding carboxylic acids is 2. The van der Waals surface area contributed by atoms with E-state index in [0.717, 1.165) is 24.9 Å². The summed E-state index contributed by atoms with van der Waals surface area (Å²) in [5.74, 6) is 0.262. The van der Waals surface area contributed by atoms with E-state index < -0.39 is 0 Å². The third kappa shape index (κ3) is 1.64. The summed E-state index contributed by atoms with van der Waals surface area (Å²) >= 11 is 0. The van der Waals surface area contributed by atoms with Crippen molar-refractivity contribution in [2.75, 3.05) is 6.54 Å². The number of nitrogens with one attached hydrogen (secondary N) is 1. The summed E-state index contributed by atoms with van der Waals surface area (Å²) in [6.07, 6.45) is 2.11. The second kappa shape index (κ2) is 4.42. The lowest BCUT2D eigenvalue weighted by molar-refractivity contribution is -0.140. The van der Waals surface area contributed by atoms with Crippen LogP contribution >= 0.6 is 0 Å². The molecule has 4 atom stereocenters. The second-order valence-corrected chi connectivity index (χ2v) is 6.15. The number of imide groups is 1. The average Bonchev–Trinajstić information content (AvgIpc) is 2.77. The van der Waals surface area contributed by atoms with Gasteiger partial charge in [0.2, 0.25) is 11.8 Å². The van der Waals surface area contributed by atoms with Crippen molar-refractivity contribution in [2.24, 2.45) is 17.8 Å². The van der Waals surface area contributed by atoms with Crippen LogP contribution in [0.15, 0.2) is 30.3 Å². The molecular formula is C16H18N2O2. The van der Waals surface area contributed by atoms with Crippen molar-refractivity contribution in [1.29, 1.82) is 0 Å². The summed E-state index contributed by atoms with van der Waals surface area (Å²) in [5.41, 5.74) is 1.02. The van der Waals surface area contributed by atoms with Crippen LogP contribution in [0.25, 0.3) is 0 Å². The summed E-state index contributed by atoms with van der Waals surface area (Å²) in [7, 11) is 0. The molecule has 3 heterocycles. The van der Waals surface area contributed by atoms with Crippen LogP contribution in [0.1, 0.15) is 18.4 Å². The van der Waals surface area contributed by atoms with E-state index in [1.807, 2.05) is 30.3 Å². The molecule has 104 valence electrons. The molecule has 1 aliphatic carbocycles. The van der Waals surface area contributed by atoms with Crippen molar-refractivity contribution in [2.45, 2.75) is 25.4 Å². The molecule has 20 heavy (non-hydrogen) atoms. The number of hydrogen-bond donors (Lipinski definition) is 1. The van der Waals surface area contributed by atoms with Crippen LogP contribution in [0.5, 0.6) is 0 Å². The predicted molar refractivity (Wildman–Crippen MR) is 73.5 cm³/mol. The molecule has 3 aliphatic heterocycles. The molecular weight excluding hydrogens is 252 g/mol. The molecule has 1 N–H and O–H groups in total. The van der Waals surface area contributed by atoms with Crippen molar-refractivity contribution < 1.29 is 9.59 Å². The summed E-state index contributed by atoms with van der Waals surface area (Å²) in [6, 6.07) is 9.98. The molecule has 0 radical (unpaired) electrons. The molecule has 3 saturated heterocycles. The number of rotatable bonds is 2. The molecule has 4 heteroatoms. The number of piperidine rings is 2. The fourth-order valence-corrected chi connectivity index (χ4v) is 4.13. The lowest BCUT2D eigenvalue weighted by Crippen LogP contribution is -2.56. The molecule has 4 nitrogen and oxygen atoms in total. The van der Waals surface area contributed by atoms with E-state index in [2.05, 4.69) is 5.32 Å². The smallest absolute Gasteiger partial charge is 0.234 e. The van der Waals surface area contributed by atoms with Gasteiger partial charge in [-0.25, -0.2) is 0 Å². The second-order valence-electron chi connectivity index (χ2n) is 6.15. The number of likely N-dealkylation sites (tertiary alicyclic amines) is 1. The Kier molecular flexibility index (Phi) is 2.67. The lowest BCUT2D eigenvalue weighted by Gasteiger charge is -2.43.